The summed E-state index contributed by atoms with van der Waals surface area (Å²) in [6.45, 7) is 6.43. The highest BCUT2D eigenvalue weighted by atomic mass is 16.2. The summed E-state index contributed by atoms with van der Waals surface area (Å²) in [6.07, 6.45) is 4.10. The zero-order valence-electron chi connectivity index (χ0n) is 14.1. The summed E-state index contributed by atoms with van der Waals surface area (Å²) >= 11 is 0. The van der Waals surface area contributed by atoms with Crippen LogP contribution in [-0.2, 0) is 4.79 Å². The molecular weight excluding hydrogens is 288 g/mol. The van der Waals surface area contributed by atoms with Gasteiger partial charge in [-0.25, -0.2) is 0 Å². The molecule has 1 aromatic rings. The van der Waals surface area contributed by atoms with Gasteiger partial charge < -0.3 is 10.2 Å². The number of carbonyl (C=O) groups excluding carboxylic acids is 2. The number of Topliss-reactive ketones (excluding diaryl/α,β-unsaturated/α-hetero) is 1. The van der Waals surface area contributed by atoms with E-state index in [1.54, 1.807) is 12.1 Å². The number of carbonyl (C=O) groups is 2. The summed E-state index contributed by atoms with van der Waals surface area (Å²) in [7, 11) is 0. The van der Waals surface area contributed by atoms with Crippen LogP contribution in [0, 0.1) is 5.92 Å². The van der Waals surface area contributed by atoms with Crippen LogP contribution in [0.2, 0.25) is 0 Å². The number of hydrogen-bond acceptors (Lipinski definition) is 3. The first-order chi connectivity index (χ1) is 11.1. The van der Waals surface area contributed by atoms with Gasteiger partial charge in [0.25, 0.3) is 0 Å². The van der Waals surface area contributed by atoms with E-state index in [1.165, 1.54) is 25.9 Å². The zero-order chi connectivity index (χ0) is 16.5. The molecule has 0 aromatic heterocycles. The molecule has 4 nitrogen and oxygen atoms in total. The molecule has 0 bridgehead atoms. The summed E-state index contributed by atoms with van der Waals surface area (Å²) in [5.41, 5.74) is 0.680. The fourth-order valence-electron chi connectivity index (χ4n) is 2.90. The molecular formula is C19H28N2O2. The number of rotatable bonds is 8. The van der Waals surface area contributed by atoms with E-state index in [9.17, 15) is 9.59 Å². The Morgan fingerprint density at radius 2 is 1.83 bits per heavy atom. The first-order valence-corrected chi connectivity index (χ1v) is 8.72. The Balaban J connectivity index is 1.54. The van der Waals surface area contributed by atoms with Crippen LogP contribution in [0.1, 0.15) is 49.4 Å². The predicted molar refractivity (Wildman–Crippen MR) is 92.5 cm³/mol. The number of nitrogens with zero attached hydrogens (tertiary/aromatic N) is 1. The van der Waals surface area contributed by atoms with Crippen molar-refractivity contribution >= 4 is 11.7 Å². The number of piperidine rings is 1. The van der Waals surface area contributed by atoms with Crippen LogP contribution in [0.4, 0.5) is 0 Å². The van der Waals surface area contributed by atoms with Crippen molar-refractivity contribution in [2.24, 2.45) is 5.92 Å². The van der Waals surface area contributed by atoms with Crippen LogP contribution in [0.15, 0.2) is 30.3 Å². The van der Waals surface area contributed by atoms with Crippen LogP contribution < -0.4 is 5.32 Å². The fourth-order valence-corrected chi connectivity index (χ4v) is 2.90. The number of amides is 1. The third-order valence-electron chi connectivity index (χ3n) is 4.52. The maximum Gasteiger partial charge on any atom is 0.220 e. The van der Waals surface area contributed by atoms with Crippen LogP contribution in [0.3, 0.4) is 0 Å². The van der Waals surface area contributed by atoms with Gasteiger partial charge in [0.2, 0.25) is 5.91 Å². The van der Waals surface area contributed by atoms with E-state index in [1.807, 2.05) is 18.2 Å². The molecule has 0 spiro atoms. The standard InChI is InChI=1S/C19H28N2O2/c1-16-10-14-21(15-11-16)13-5-12-20-19(23)9-8-18(22)17-6-3-2-4-7-17/h2-4,6-7,16H,5,8-15H2,1H3,(H,20,23). The number of benzene rings is 1. The lowest BCUT2D eigenvalue weighted by molar-refractivity contribution is -0.121. The summed E-state index contributed by atoms with van der Waals surface area (Å²) in [5, 5.41) is 2.92. The van der Waals surface area contributed by atoms with Gasteiger partial charge in [-0.15, -0.1) is 0 Å². The highest BCUT2D eigenvalue weighted by molar-refractivity contribution is 5.97. The Kier molecular flexibility index (Phi) is 7.27. The first-order valence-electron chi connectivity index (χ1n) is 8.72. The molecule has 2 rings (SSSR count). The van der Waals surface area contributed by atoms with E-state index in [2.05, 4.69) is 17.1 Å². The minimum atomic E-state index is -0.0263. The maximum absolute atomic E-state index is 11.9. The van der Waals surface area contributed by atoms with Gasteiger partial charge in [-0.3, -0.25) is 9.59 Å². The van der Waals surface area contributed by atoms with Gasteiger partial charge in [0, 0.05) is 24.9 Å². The van der Waals surface area contributed by atoms with Gasteiger partial charge in [-0.2, -0.15) is 0 Å². The van der Waals surface area contributed by atoms with Crippen molar-refractivity contribution in [3.8, 4) is 0 Å². The summed E-state index contributed by atoms with van der Waals surface area (Å²) in [4.78, 5) is 26.2. The van der Waals surface area contributed by atoms with Crippen molar-refractivity contribution in [1.29, 1.82) is 0 Å². The second-order valence-electron chi connectivity index (χ2n) is 6.52. The Bertz CT molecular complexity index is 493. The molecule has 1 N–H and O–H groups in total. The highest BCUT2D eigenvalue weighted by Gasteiger charge is 2.15. The Morgan fingerprint density at radius 3 is 2.52 bits per heavy atom. The van der Waals surface area contributed by atoms with E-state index in [0.29, 0.717) is 12.1 Å². The largest absolute Gasteiger partial charge is 0.356 e. The molecule has 0 unspecified atom stereocenters. The molecule has 23 heavy (non-hydrogen) atoms. The molecule has 1 heterocycles. The first kappa shape index (κ1) is 17.7. The molecule has 0 aliphatic carbocycles. The van der Waals surface area contributed by atoms with Gasteiger partial charge in [-0.05, 0) is 44.8 Å². The topological polar surface area (TPSA) is 49.4 Å². The lowest BCUT2D eigenvalue weighted by atomic mass is 9.99. The average Bonchev–Trinajstić information content (AvgIpc) is 2.59. The molecule has 0 radical (unpaired) electrons. The SMILES string of the molecule is CC1CCN(CCCNC(=O)CCC(=O)c2ccccc2)CC1. The minimum absolute atomic E-state index is 0.0263. The molecule has 4 heteroatoms. The molecule has 126 valence electrons. The monoisotopic (exact) mass is 316 g/mol. The predicted octanol–water partition coefficient (Wildman–Crippen LogP) is 2.89. The van der Waals surface area contributed by atoms with E-state index in [-0.39, 0.29) is 24.5 Å². The lowest BCUT2D eigenvalue weighted by Crippen LogP contribution is -2.35. The second-order valence-corrected chi connectivity index (χ2v) is 6.52. The smallest absolute Gasteiger partial charge is 0.220 e. The molecule has 1 aliphatic heterocycles. The van der Waals surface area contributed by atoms with Crippen LogP contribution in [0.5, 0.6) is 0 Å². The summed E-state index contributed by atoms with van der Waals surface area (Å²) in [6, 6.07) is 9.15. The van der Waals surface area contributed by atoms with Crippen molar-refractivity contribution in [1.82, 2.24) is 10.2 Å². The Labute approximate surface area is 139 Å². The van der Waals surface area contributed by atoms with Crippen molar-refractivity contribution in [3.63, 3.8) is 0 Å². The number of likely N-dealkylation sites (tertiary alicyclic amines) is 1. The van der Waals surface area contributed by atoms with Crippen LogP contribution in [0.25, 0.3) is 0 Å². The lowest BCUT2D eigenvalue weighted by Gasteiger charge is -2.30. The van der Waals surface area contributed by atoms with E-state index < -0.39 is 0 Å². The van der Waals surface area contributed by atoms with Crippen LogP contribution in [-0.4, -0.2) is 42.8 Å². The van der Waals surface area contributed by atoms with Crippen molar-refractivity contribution in [2.75, 3.05) is 26.2 Å². The van der Waals surface area contributed by atoms with Gasteiger partial charge >= 0.3 is 0 Å². The maximum atomic E-state index is 11.9. The van der Waals surface area contributed by atoms with E-state index in [0.717, 1.165) is 18.9 Å². The Hall–Kier alpha value is -1.68. The zero-order valence-corrected chi connectivity index (χ0v) is 14.1. The van der Waals surface area contributed by atoms with Gasteiger partial charge in [0.1, 0.15) is 0 Å². The third-order valence-corrected chi connectivity index (χ3v) is 4.52. The van der Waals surface area contributed by atoms with Crippen molar-refractivity contribution < 1.29 is 9.59 Å². The van der Waals surface area contributed by atoms with Crippen LogP contribution >= 0.6 is 0 Å². The molecule has 0 atom stereocenters. The van der Waals surface area contributed by atoms with Crippen molar-refractivity contribution in [3.05, 3.63) is 35.9 Å². The van der Waals surface area contributed by atoms with Gasteiger partial charge in [0.15, 0.2) is 5.78 Å². The highest BCUT2D eigenvalue weighted by Crippen LogP contribution is 2.15. The third kappa shape index (κ3) is 6.53. The minimum Gasteiger partial charge on any atom is -0.356 e. The summed E-state index contributed by atoms with van der Waals surface area (Å²) in [5.74, 6) is 0.859. The second kappa shape index (κ2) is 9.46. The normalized spacial score (nSPS) is 16.2. The quantitative estimate of drug-likeness (QED) is 0.592. The molecule has 1 saturated heterocycles. The van der Waals surface area contributed by atoms with Gasteiger partial charge in [-0.1, -0.05) is 37.3 Å². The Morgan fingerprint density at radius 1 is 1.13 bits per heavy atom. The molecule has 1 aliphatic rings. The fraction of sp³-hybridized carbons (Fsp3) is 0.579. The van der Waals surface area contributed by atoms with E-state index >= 15 is 0 Å². The molecule has 1 amide bonds. The molecule has 1 aromatic carbocycles. The van der Waals surface area contributed by atoms with Gasteiger partial charge in [0.05, 0.1) is 0 Å². The molecule has 1 fully saturated rings. The number of hydrogen-bond donors (Lipinski definition) is 1. The van der Waals surface area contributed by atoms with Crippen molar-refractivity contribution in [2.45, 2.75) is 39.0 Å². The number of ketones is 1. The summed E-state index contributed by atoms with van der Waals surface area (Å²) < 4.78 is 0. The molecule has 0 saturated carbocycles. The van der Waals surface area contributed by atoms with E-state index in [4.69, 9.17) is 0 Å². The average molecular weight is 316 g/mol. The number of nitrogens with one attached hydrogen (secondary N) is 1.